The summed E-state index contributed by atoms with van der Waals surface area (Å²) < 4.78 is 5.69. The van der Waals surface area contributed by atoms with Crippen LogP contribution in [-0.2, 0) is 16.1 Å². The molecular weight excluding hydrogens is 442 g/mol. The second kappa shape index (κ2) is 10.4. The van der Waals surface area contributed by atoms with Crippen LogP contribution in [0.2, 0.25) is 0 Å². The molecule has 1 fully saturated rings. The van der Waals surface area contributed by atoms with Crippen molar-refractivity contribution in [1.82, 2.24) is 10.2 Å². The van der Waals surface area contributed by atoms with E-state index in [2.05, 4.69) is 10.6 Å². The zero-order valence-electron chi connectivity index (χ0n) is 20.0. The van der Waals surface area contributed by atoms with E-state index < -0.39 is 18.2 Å². The Morgan fingerprint density at radius 2 is 1.60 bits per heavy atom. The maximum Gasteiger partial charge on any atom is 0.411 e. The molecule has 1 aliphatic heterocycles. The van der Waals surface area contributed by atoms with E-state index in [-0.39, 0.29) is 24.4 Å². The number of ether oxygens (including phenoxy) is 1. The molecule has 3 aromatic rings. The molecule has 35 heavy (non-hydrogen) atoms. The first-order valence-corrected chi connectivity index (χ1v) is 11.6. The van der Waals surface area contributed by atoms with Crippen molar-refractivity contribution in [2.45, 2.75) is 45.5 Å². The predicted molar refractivity (Wildman–Crippen MR) is 134 cm³/mol. The summed E-state index contributed by atoms with van der Waals surface area (Å²) >= 11 is 0. The number of nitrogens with one attached hydrogen (secondary N) is 2. The molecule has 2 N–H and O–H groups in total. The molecule has 7 heteroatoms. The molecule has 180 valence electrons. The van der Waals surface area contributed by atoms with Gasteiger partial charge in [0.05, 0.1) is 6.54 Å². The summed E-state index contributed by atoms with van der Waals surface area (Å²) in [5.41, 5.74) is 3.82. The van der Waals surface area contributed by atoms with Crippen LogP contribution < -0.4 is 10.6 Å². The van der Waals surface area contributed by atoms with Crippen LogP contribution >= 0.6 is 0 Å². The zero-order valence-corrected chi connectivity index (χ0v) is 20.0. The molecule has 0 radical (unpaired) electrons. The van der Waals surface area contributed by atoms with E-state index in [4.69, 9.17) is 4.74 Å². The van der Waals surface area contributed by atoms with E-state index in [9.17, 15) is 14.4 Å². The number of benzene rings is 3. The Bertz CT molecular complexity index is 1190. The van der Waals surface area contributed by atoms with Gasteiger partial charge in [0.25, 0.3) is 5.91 Å². The van der Waals surface area contributed by atoms with Crippen molar-refractivity contribution < 1.29 is 19.1 Å². The van der Waals surface area contributed by atoms with Gasteiger partial charge in [0.1, 0.15) is 0 Å². The predicted octanol–water partition coefficient (Wildman–Crippen LogP) is 4.83. The molecule has 4 rings (SSSR count). The van der Waals surface area contributed by atoms with Gasteiger partial charge in [0.15, 0.2) is 12.1 Å². The number of carbonyl (C=O) groups excluding carboxylic acids is 3. The van der Waals surface area contributed by atoms with Gasteiger partial charge >= 0.3 is 6.09 Å². The van der Waals surface area contributed by atoms with Crippen molar-refractivity contribution in [3.8, 4) is 0 Å². The number of rotatable bonds is 7. The van der Waals surface area contributed by atoms with E-state index in [0.29, 0.717) is 16.8 Å². The summed E-state index contributed by atoms with van der Waals surface area (Å²) in [7, 11) is 0. The van der Waals surface area contributed by atoms with Gasteiger partial charge in [-0.05, 0) is 56.2 Å². The summed E-state index contributed by atoms with van der Waals surface area (Å²) in [6.07, 6.45) is -1.31. The topological polar surface area (TPSA) is 87.7 Å². The van der Waals surface area contributed by atoms with Crippen molar-refractivity contribution in [3.05, 3.63) is 101 Å². The van der Waals surface area contributed by atoms with E-state index in [1.807, 2.05) is 63.2 Å². The molecule has 2 atom stereocenters. The van der Waals surface area contributed by atoms with Crippen molar-refractivity contribution in [2.75, 3.05) is 5.32 Å². The van der Waals surface area contributed by atoms with E-state index in [1.165, 1.54) is 4.90 Å². The Balaban J connectivity index is 1.54. The third-order valence-corrected chi connectivity index (χ3v) is 5.79. The highest BCUT2D eigenvalue weighted by Crippen LogP contribution is 2.34. The lowest BCUT2D eigenvalue weighted by molar-refractivity contribution is -0.126. The molecule has 0 bridgehead atoms. The average molecular weight is 472 g/mol. The van der Waals surface area contributed by atoms with Crippen molar-refractivity contribution in [2.24, 2.45) is 0 Å². The molecule has 0 spiro atoms. The molecule has 0 aliphatic carbocycles. The molecular formula is C28H29N3O4. The summed E-state index contributed by atoms with van der Waals surface area (Å²) in [5.74, 6) is -0.489. The highest BCUT2D eigenvalue weighted by atomic mass is 16.6. The van der Waals surface area contributed by atoms with Gasteiger partial charge in [-0.1, -0.05) is 60.2 Å². The summed E-state index contributed by atoms with van der Waals surface area (Å²) in [5, 5.41) is 5.78. The van der Waals surface area contributed by atoms with Crippen LogP contribution in [-0.4, -0.2) is 34.9 Å². The molecule has 0 unspecified atom stereocenters. The van der Waals surface area contributed by atoms with Crippen LogP contribution in [0.3, 0.4) is 0 Å². The van der Waals surface area contributed by atoms with Crippen molar-refractivity contribution >= 4 is 23.6 Å². The summed E-state index contributed by atoms with van der Waals surface area (Å²) in [4.78, 5) is 40.0. The number of carbonyl (C=O) groups is 3. The van der Waals surface area contributed by atoms with Gasteiger partial charge in [-0.2, -0.15) is 0 Å². The minimum absolute atomic E-state index is 0.0863. The number of amides is 3. The normalized spacial score (nSPS) is 17.3. The lowest BCUT2D eigenvalue weighted by Crippen LogP contribution is -2.48. The third kappa shape index (κ3) is 5.69. The minimum atomic E-state index is -0.821. The van der Waals surface area contributed by atoms with E-state index in [0.717, 1.165) is 11.1 Å². The maximum atomic E-state index is 13.1. The molecule has 1 heterocycles. The average Bonchev–Trinajstić information content (AvgIpc) is 3.16. The number of hydrogen-bond donors (Lipinski definition) is 2. The number of cyclic esters (lactones) is 1. The van der Waals surface area contributed by atoms with Crippen molar-refractivity contribution in [1.29, 1.82) is 0 Å². The second-order valence-corrected chi connectivity index (χ2v) is 8.97. The summed E-state index contributed by atoms with van der Waals surface area (Å²) in [6.45, 7) is 5.97. The number of anilines is 1. The van der Waals surface area contributed by atoms with Gasteiger partial charge in [-0.15, -0.1) is 0 Å². The van der Waals surface area contributed by atoms with Crippen molar-refractivity contribution in [3.63, 3.8) is 0 Å². The molecule has 0 saturated carbocycles. The van der Waals surface area contributed by atoms with E-state index in [1.54, 1.807) is 36.4 Å². The largest absolute Gasteiger partial charge is 0.438 e. The highest BCUT2D eigenvalue weighted by molar-refractivity contribution is 6.04. The Morgan fingerprint density at radius 3 is 2.23 bits per heavy atom. The van der Waals surface area contributed by atoms with Gasteiger partial charge in [0.2, 0.25) is 5.91 Å². The number of nitrogens with zero attached hydrogens (tertiary/aromatic N) is 1. The fourth-order valence-corrected chi connectivity index (χ4v) is 4.02. The zero-order chi connectivity index (χ0) is 24.9. The van der Waals surface area contributed by atoms with Crippen LogP contribution in [0.25, 0.3) is 0 Å². The quantitative estimate of drug-likeness (QED) is 0.517. The molecule has 0 aromatic heterocycles. The first-order valence-electron chi connectivity index (χ1n) is 11.6. The lowest BCUT2D eigenvalue weighted by atomic mass is 10.00. The molecule has 3 amide bonds. The van der Waals surface area contributed by atoms with Crippen LogP contribution in [0.15, 0.2) is 78.9 Å². The molecule has 3 aromatic carbocycles. The third-order valence-electron chi connectivity index (χ3n) is 5.79. The Morgan fingerprint density at radius 1 is 0.943 bits per heavy atom. The van der Waals surface area contributed by atoms with Crippen LogP contribution in [0.1, 0.15) is 47.0 Å². The first kappa shape index (κ1) is 24.0. The highest BCUT2D eigenvalue weighted by Gasteiger charge is 2.47. The first-order chi connectivity index (χ1) is 16.8. The monoisotopic (exact) mass is 471 g/mol. The minimum Gasteiger partial charge on any atom is -0.438 e. The Hall–Kier alpha value is -4.13. The SMILES string of the molecule is Cc1ccc(C(=O)Nc2ccc([C@@H]3OC(=O)N(Cc4ccccc4)[C@H]3C(=O)NC(C)C)cc2)cc1. The Labute approximate surface area is 205 Å². The van der Waals surface area contributed by atoms with Gasteiger partial charge < -0.3 is 15.4 Å². The maximum absolute atomic E-state index is 13.1. The van der Waals surface area contributed by atoms with Gasteiger partial charge in [-0.25, -0.2) is 4.79 Å². The fraction of sp³-hybridized carbons (Fsp3) is 0.250. The standard InChI is InChI=1S/C28H29N3O4/c1-18(2)29-27(33)24-25(35-28(34)31(24)17-20-7-5-4-6-8-20)21-13-15-23(16-14-21)30-26(32)22-11-9-19(3)10-12-22/h4-16,18,24-25H,17H2,1-3H3,(H,29,33)(H,30,32)/t24-,25+/m1/s1. The van der Waals surface area contributed by atoms with Crippen LogP contribution in [0.4, 0.5) is 10.5 Å². The van der Waals surface area contributed by atoms with Gasteiger partial charge in [-0.3, -0.25) is 14.5 Å². The second-order valence-electron chi connectivity index (χ2n) is 8.97. The summed E-state index contributed by atoms with van der Waals surface area (Å²) in [6, 6.07) is 22.9. The van der Waals surface area contributed by atoms with Gasteiger partial charge in [0, 0.05) is 17.3 Å². The van der Waals surface area contributed by atoms with E-state index >= 15 is 0 Å². The Kier molecular flexibility index (Phi) is 7.15. The fourth-order valence-electron chi connectivity index (χ4n) is 4.02. The number of aryl methyl sites for hydroxylation is 1. The lowest BCUT2D eigenvalue weighted by Gasteiger charge is -2.25. The smallest absolute Gasteiger partial charge is 0.411 e. The molecule has 1 aliphatic rings. The van der Waals surface area contributed by atoms with Crippen LogP contribution in [0, 0.1) is 6.92 Å². The molecule has 1 saturated heterocycles. The molecule has 7 nitrogen and oxygen atoms in total. The number of hydrogen-bond acceptors (Lipinski definition) is 4. The van der Waals surface area contributed by atoms with Crippen LogP contribution in [0.5, 0.6) is 0 Å².